The van der Waals surface area contributed by atoms with Crippen LogP contribution in [-0.4, -0.2) is 9.55 Å². The van der Waals surface area contributed by atoms with E-state index in [4.69, 9.17) is 11.6 Å². The van der Waals surface area contributed by atoms with E-state index in [1.807, 2.05) is 18.2 Å². The van der Waals surface area contributed by atoms with Gasteiger partial charge in [-0.25, -0.2) is 0 Å². The van der Waals surface area contributed by atoms with Crippen molar-refractivity contribution in [1.29, 1.82) is 0 Å². The van der Waals surface area contributed by atoms with E-state index >= 15 is 0 Å². The lowest BCUT2D eigenvalue weighted by atomic mass is 9.82. The number of halogens is 2. The van der Waals surface area contributed by atoms with E-state index in [-0.39, 0.29) is 5.41 Å². The maximum atomic E-state index is 6.36. The van der Waals surface area contributed by atoms with Crippen LogP contribution < -0.4 is 0 Å². The van der Waals surface area contributed by atoms with Gasteiger partial charge in [-0.2, -0.15) is 11.1 Å². The molecule has 2 aromatic rings. The summed E-state index contributed by atoms with van der Waals surface area (Å²) in [5.41, 5.74) is 3.71. The first kappa shape index (κ1) is 16.3. The minimum absolute atomic E-state index is 0.0452. The Balaban J connectivity index is 0.000000861. The van der Waals surface area contributed by atoms with Gasteiger partial charge in [0.05, 0.1) is 0 Å². The van der Waals surface area contributed by atoms with Gasteiger partial charge in [-0.3, -0.25) is 0 Å². The van der Waals surface area contributed by atoms with Gasteiger partial charge in [-0.1, -0.05) is 74.8 Å². The van der Waals surface area contributed by atoms with Crippen LogP contribution >= 0.6 is 22.7 Å². The van der Waals surface area contributed by atoms with E-state index in [9.17, 15) is 0 Å². The monoisotopic (exact) mass is 307 g/mol. The molecule has 0 amide bonds. The highest BCUT2D eigenvalue weighted by Gasteiger charge is 2.21. The largest absolute Gasteiger partial charge is 0.174 e. The van der Waals surface area contributed by atoms with Crippen molar-refractivity contribution >= 4 is 32.2 Å². The maximum Gasteiger partial charge on any atom is 0.174 e. The molecule has 0 atom stereocenters. The highest BCUT2D eigenvalue weighted by molar-refractivity contribution is 6.80. The third-order valence-electron chi connectivity index (χ3n) is 2.85. The van der Waals surface area contributed by atoms with Crippen molar-refractivity contribution in [1.82, 2.24) is 0 Å². The molecule has 0 nitrogen and oxygen atoms in total. The lowest BCUT2D eigenvalue weighted by Gasteiger charge is -2.24. The molecule has 0 aliphatic heterocycles. The topological polar surface area (TPSA) is 0 Å². The molecule has 0 bridgehead atoms. The van der Waals surface area contributed by atoms with Crippen LogP contribution in [0, 0.1) is 0 Å². The van der Waals surface area contributed by atoms with E-state index in [0.29, 0.717) is 0 Å². The standard InChI is InChI=1S/C16H17Cl.ClSi/c1-16(2,3)15-13(10-7-11-14(15)17)12-8-5-4-6-9-12;1-2/h4-11H,1-3H3;. The van der Waals surface area contributed by atoms with Crippen LogP contribution in [0.1, 0.15) is 26.3 Å². The van der Waals surface area contributed by atoms with Gasteiger partial charge < -0.3 is 0 Å². The Morgan fingerprint density at radius 3 is 1.95 bits per heavy atom. The van der Waals surface area contributed by atoms with Crippen LogP contribution in [0.3, 0.4) is 0 Å². The number of rotatable bonds is 1. The van der Waals surface area contributed by atoms with Crippen molar-refractivity contribution in [2.24, 2.45) is 0 Å². The molecule has 0 spiro atoms. The molecular formula is C16H17Cl2Si. The first-order valence-corrected chi connectivity index (χ1v) is 7.92. The second-order valence-corrected chi connectivity index (χ2v) is 5.69. The molecule has 0 fully saturated rings. The summed E-state index contributed by atoms with van der Waals surface area (Å²) in [6.45, 7) is 6.59. The summed E-state index contributed by atoms with van der Waals surface area (Å²) in [7, 11) is 2.44. The Bertz CT molecular complexity index is 516. The van der Waals surface area contributed by atoms with Gasteiger partial charge in [0.2, 0.25) is 0 Å². The summed E-state index contributed by atoms with van der Waals surface area (Å²) < 4.78 is 0. The first-order chi connectivity index (χ1) is 9.00. The van der Waals surface area contributed by atoms with Crippen molar-refractivity contribution in [3.8, 4) is 11.1 Å². The Hall–Kier alpha value is -0.763. The van der Waals surface area contributed by atoms with E-state index in [2.05, 4.69) is 71.7 Å². The maximum absolute atomic E-state index is 6.36. The van der Waals surface area contributed by atoms with E-state index in [0.717, 1.165) is 5.02 Å². The molecule has 0 N–H and O–H groups in total. The predicted octanol–water partition coefficient (Wildman–Crippen LogP) is 5.61. The van der Waals surface area contributed by atoms with Crippen LogP contribution in [0.25, 0.3) is 11.1 Å². The van der Waals surface area contributed by atoms with E-state index < -0.39 is 0 Å². The summed E-state index contributed by atoms with van der Waals surface area (Å²) in [6, 6.07) is 16.5. The highest BCUT2D eigenvalue weighted by Crippen LogP contribution is 2.37. The molecule has 3 radical (unpaired) electrons. The Labute approximate surface area is 128 Å². The van der Waals surface area contributed by atoms with Crippen LogP contribution in [0.2, 0.25) is 5.02 Å². The summed E-state index contributed by atoms with van der Waals surface area (Å²) in [6.07, 6.45) is 0. The lowest BCUT2D eigenvalue weighted by molar-refractivity contribution is 0.592. The highest BCUT2D eigenvalue weighted by atomic mass is 35.6. The molecule has 19 heavy (non-hydrogen) atoms. The first-order valence-electron chi connectivity index (χ1n) is 6.03. The molecule has 2 rings (SSSR count). The van der Waals surface area contributed by atoms with Gasteiger partial charge in [-0.05, 0) is 28.2 Å². The van der Waals surface area contributed by atoms with E-state index in [1.54, 1.807) is 0 Å². The van der Waals surface area contributed by atoms with Gasteiger partial charge in [0.15, 0.2) is 9.55 Å². The molecule has 0 saturated carbocycles. The minimum Gasteiger partial charge on any atom is -0.174 e. The number of hydrogen-bond donors (Lipinski definition) is 0. The van der Waals surface area contributed by atoms with Crippen molar-refractivity contribution in [3.63, 3.8) is 0 Å². The fourth-order valence-electron chi connectivity index (χ4n) is 2.14. The molecule has 0 aromatic heterocycles. The third-order valence-corrected chi connectivity index (χ3v) is 3.16. The van der Waals surface area contributed by atoms with Gasteiger partial charge >= 0.3 is 0 Å². The SMILES string of the molecule is CC(C)(C)c1c(Cl)cccc1-c1ccccc1.[Si]Cl. The van der Waals surface area contributed by atoms with Crippen LogP contribution in [0.15, 0.2) is 48.5 Å². The lowest BCUT2D eigenvalue weighted by Crippen LogP contribution is -2.13. The molecule has 0 saturated heterocycles. The fraction of sp³-hybridized carbons (Fsp3) is 0.250. The van der Waals surface area contributed by atoms with Crippen LogP contribution in [-0.2, 0) is 5.41 Å². The zero-order valence-corrected chi connectivity index (χ0v) is 13.9. The Morgan fingerprint density at radius 2 is 1.42 bits per heavy atom. The summed E-state index contributed by atoms with van der Waals surface area (Å²) in [4.78, 5) is 0. The molecule has 0 aliphatic carbocycles. The Kier molecular flexibility index (Phi) is 6.12. The minimum atomic E-state index is 0.0452. The number of benzene rings is 2. The van der Waals surface area contributed by atoms with Crippen molar-refractivity contribution in [2.75, 3.05) is 0 Å². The van der Waals surface area contributed by atoms with Gasteiger partial charge in [0.25, 0.3) is 0 Å². The van der Waals surface area contributed by atoms with Gasteiger partial charge in [0.1, 0.15) is 0 Å². The molecule has 0 aliphatic rings. The summed E-state index contributed by atoms with van der Waals surface area (Å²) >= 11 is 10.8. The van der Waals surface area contributed by atoms with Crippen molar-refractivity contribution < 1.29 is 0 Å². The molecule has 2 aromatic carbocycles. The zero-order chi connectivity index (χ0) is 14.5. The quantitative estimate of drug-likeness (QED) is 0.474. The zero-order valence-electron chi connectivity index (χ0n) is 11.4. The smallest absolute Gasteiger partial charge is 0.174 e. The Morgan fingerprint density at radius 1 is 0.842 bits per heavy atom. The summed E-state index contributed by atoms with van der Waals surface area (Å²) in [5.74, 6) is 0. The molecule has 0 heterocycles. The van der Waals surface area contributed by atoms with E-state index in [1.165, 1.54) is 16.7 Å². The average molecular weight is 308 g/mol. The third kappa shape index (κ3) is 4.10. The van der Waals surface area contributed by atoms with Crippen LogP contribution in [0.5, 0.6) is 0 Å². The van der Waals surface area contributed by atoms with Gasteiger partial charge in [0, 0.05) is 5.02 Å². The molecule has 99 valence electrons. The average Bonchev–Trinajstić information content (AvgIpc) is 2.40. The fourth-order valence-corrected chi connectivity index (χ4v) is 2.60. The molecular weight excluding hydrogens is 291 g/mol. The van der Waals surface area contributed by atoms with Gasteiger partial charge in [-0.15, -0.1) is 0 Å². The van der Waals surface area contributed by atoms with Crippen molar-refractivity contribution in [2.45, 2.75) is 26.2 Å². The predicted molar refractivity (Wildman–Crippen MR) is 87.2 cm³/mol. The second kappa shape index (κ2) is 7.13. The van der Waals surface area contributed by atoms with Crippen LogP contribution in [0.4, 0.5) is 0 Å². The number of hydrogen-bond acceptors (Lipinski definition) is 0. The second-order valence-electron chi connectivity index (χ2n) is 5.28. The molecule has 0 unspecified atom stereocenters. The normalized spacial score (nSPS) is 10.6. The molecule has 3 heteroatoms. The van der Waals surface area contributed by atoms with Crippen molar-refractivity contribution in [3.05, 3.63) is 59.1 Å². The summed E-state index contributed by atoms with van der Waals surface area (Å²) in [5, 5.41) is 0.846.